The second kappa shape index (κ2) is 6.41. The molecule has 0 spiro atoms. The van der Waals surface area contributed by atoms with Crippen molar-refractivity contribution in [2.75, 3.05) is 13.1 Å². The summed E-state index contributed by atoms with van der Waals surface area (Å²) in [7, 11) is 0. The van der Waals surface area contributed by atoms with Crippen molar-refractivity contribution in [3.63, 3.8) is 0 Å². The molecule has 0 unspecified atom stereocenters. The molecule has 1 saturated heterocycles. The van der Waals surface area contributed by atoms with Crippen LogP contribution in [0, 0.1) is 5.92 Å². The van der Waals surface area contributed by atoms with Gasteiger partial charge in [0.15, 0.2) is 0 Å². The van der Waals surface area contributed by atoms with Crippen LogP contribution in [0.1, 0.15) is 34.2 Å². The molecule has 3 rings (SSSR count). The average Bonchev–Trinajstić information content (AvgIpc) is 3.09. The standard InChI is InChI=1S/C17H19NO2S/c19-16(13-5-2-1-3-6-13)14-8-10-18(11-9-14)17(20)15-7-4-12-21-15/h1-7,12,14,16,19H,8-11H2/t16-/m0/s1. The Bertz CT molecular complexity index is 574. The van der Waals surface area contributed by atoms with E-state index in [9.17, 15) is 9.90 Å². The smallest absolute Gasteiger partial charge is 0.263 e. The highest BCUT2D eigenvalue weighted by atomic mass is 32.1. The first-order chi connectivity index (χ1) is 10.3. The molecule has 1 aromatic carbocycles. The Balaban J connectivity index is 1.59. The highest BCUT2D eigenvalue weighted by Gasteiger charge is 2.28. The molecule has 0 radical (unpaired) electrons. The lowest BCUT2D eigenvalue weighted by molar-refractivity contribution is 0.0465. The number of rotatable bonds is 3. The third kappa shape index (κ3) is 3.17. The molecule has 2 aromatic rings. The fourth-order valence-electron chi connectivity index (χ4n) is 2.90. The molecule has 0 saturated carbocycles. The lowest BCUT2D eigenvalue weighted by Gasteiger charge is -2.34. The Morgan fingerprint density at radius 2 is 1.86 bits per heavy atom. The van der Waals surface area contributed by atoms with Gasteiger partial charge in [-0.3, -0.25) is 4.79 Å². The van der Waals surface area contributed by atoms with E-state index in [-0.39, 0.29) is 11.8 Å². The van der Waals surface area contributed by atoms with Gasteiger partial charge in [0.25, 0.3) is 5.91 Å². The van der Waals surface area contributed by atoms with Gasteiger partial charge in [0, 0.05) is 13.1 Å². The molecule has 1 N–H and O–H groups in total. The molecule has 0 aliphatic carbocycles. The number of carbonyl (C=O) groups is 1. The van der Waals surface area contributed by atoms with E-state index >= 15 is 0 Å². The predicted molar refractivity (Wildman–Crippen MR) is 84.3 cm³/mol. The van der Waals surface area contributed by atoms with Crippen LogP contribution in [-0.4, -0.2) is 29.0 Å². The Hall–Kier alpha value is -1.65. The van der Waals surface area contributed by atoms with Crippen LogP contribution in [0.4, 0.5) is 0 Å². The number of thiophene rings is 1. The van der Waals surface area contributed by atoms with E-state index in [2.05, 4.69) is 0 Å². The van der Waals surface area contributed by atoms with Gasteiger partial charge in [-0.25, -0.2) is 0 Å². The number of benzene rings is 1. The van der Waals surface area contributed by atoms with Crippen molar-refractivity contribution in [1.29, 1.82) is 0 Å². The zero-order valence-electron chi connectivity index (χ0n) is 11.8. The minimum atomic E-state index is -0.426. The number of nitrogens with zero attached hydrogens (tertiary/aromatic N) is 1. The monoisotopic (exact) mass is 301 g/mol. The van der Waals surface area contributed by atoms with Gasteiger partial charge in [-0.05, 0) is 35.8 Å². The summed E-state index contributed by atoms with van der Waals surface area (Å²) in [5.74, 6) is 0.359. The predicted octanol–water partition coefficient (Wildman–Crippen LogP) is 3.33. The molecule has 1 fully saturated rings. The number of amides is 1. The molecule has 3 nitrogen and oxygen atoms in total. The van der Waals surface area contributed by atoms with E-state index in [1.54, 1.807) is 0 Å². The first-order valence-electron chi connectivity index (χ1n) is 7.31. The maximum Gasteiger partial charge on any atom is 0.263 e. The highest BCUT2D eigenvalue weighted by molar-refractivity contribution is 7.12. The summed E-state index contributed by atoms with van der Waals surface area (Å²) in [6.45, 7) is 1.45. The van der Waals surface area contributed by atoms with Gasteiger partial charge in [0.2, 0.25) is 0 Å². The van der Waals surface area contributed by atoms with Crippen molar-refractivity contribution in [3.8, 4) is 0 Å². The summed E-state index contributed by atoms with van der Waals surface area (Å²) < 4.78 is 0. The summed E-state index contributed by atoms with van der Waals surface area (Å²) in [6.07, 6.45) is 1.28. The molecule has 4 heteroatoms. The number of carbonyl (C=O) groups excluding carboxylic acids is 1. The number of piperidine rings is 1. The third-order valence-corrected chi connectivity index (χ3v) is 5.00. The van der Waals surface area contributed by atoms with E-state index < -0.39 is 6.10 Å². The van der Waals surface area contributed by atoms with E-state index in [4.69, 9.17) is 0 Å². The molecule has 1 aliphatic heterocycles. The largest absolute Gasteiger partial charge is 0.388 e. The summed E-state index contributed by atoms with van der Waals surface area (Å²) >= 11 is 1.49. The SMILES string of the molecule is O=C(c1cccs1)N1CCC([C@@H](O)c2ccccc2)CC1. The number of aliphatic hydroxyl groups is 1. The summed E-state index contributed by atoms with van der Waals surface area (Å²) in [5, 5.41) is 12.4. The van der Waals surface area contributed by atoms with Gasteiger partial charge >= 0.3 is 0 Å². The van der Waals surface area contributed by atoms with E-state index in [0.717, 1.165) is 36.4 Å². The lowest BCUT2D eigenvalue weighted by Crippen LogP contribution is -2.39. The number of aliphatic hydroxyl groups excluding tert-OH is 1. The van der Waals surface area contributed by atoms with Crippen LogP contribution < -0.4 is 0 Å². The summed E-state index contributed by atoms with van der Waals surface area (Å²) in [6, 6.07) is 13.6. The van der Waals surface area contributed by atoms with E-state index in [1.165, 1.54) is 11.3 Å². The molecule has 1 atom stereocenters. The van der Waals surface area contributed by atoms with Crippen LogP contribution in [0.5, 0.6) is 0 Å². The Labute approximate surface area is 128 Å². The Morgan fingerprint density at radius 3 is 2.48 bits per heavy atom. The summed E-state index contributed by atoms with van der Waals surface area (Å²) in [5.41, 5.74) is 0.973. The fourth-order valence-corrected chi connectivity index (χ4v) is 3.59. The maximum absolute atomic E-state index is 12.3. The average molecular weight is 301 g/mol. The first kappa shape index (κ1) is 14.3. The molecular weight excluding hydrogens is 282 g/mol. The second-order valence-electron chi connectivity index (χ2n) is 5.46. The molecule has 1 amide bonds. The maximum atomic E-state index is 12.3. The van der Waals surface area contributed by atoms with Gasteiger partial charge < -0.3 is 10.0 Å². The Morgan fingerprint density at radius 1 is 1.14 bits per heavy atom. The van der Waals surface area contributed by atoms with Crippen molar-refractivity contribution >= 4 is 17.2 Å². The van der Waals surface area contributed by atoms with Crippen molar-refractivity contribution < 1.29 is 9.90 Å². The van der Waals surface area contributed by atoms with Crippen LogP contribution in [-0.2, 0) is 0 Å². The normalized spacial score (nSPS) is 17.7. The molecule has 0 bridgehead atoms. The molecule has 1 aliphatic rings. The van der Waals surface area contributed by atoms with Gasteiger partial charge in [0.05, 0.1) is 11.0 Å². The van der Waals surface area contributed by atoms with Crippen LogP contribution in [0.3, 0.4) is 0 Å². The zero-order valence-corrected chi connectivity index (χ0v) is 12.6. The topological polar surface area (TPSA) is 40.5 Å². The van der Waals surface area contributed by atoms with E-state index in [0.29, 0.717) is 0 Å². The molecular formula is C17H19NO2S. The van der Waals surface area contributed by atoms with Crippen molar-refractivity contribution in [1.82, 2.24) is 4.90 Å². The number of likely N-dealkylation sites (tertiary alicyclic amines) is 1. The summed E-state index contributed by atoms with van der Waals surface area (Å²) in [4.78, 5) is 15.0. The third-order valence-electron chi connectivity index (χ3n) is 4.15. The first-order valence-corrected chi connectivity index (χ1v) is 8.19. The van der Waals surface area contributed by atoms with Crippen LogP contribution in [0.25, 0.3) is 0 Å². The van der Waals surface area contributed by atoms with Gasteiger partial charge in [-0.15, -0.1) is 11.3 Å². The highest BCUT2D eigenvalue weighted by Crippen LogP contribution is 2.31. The van der Waals surface area contributed by atoms with Gasteiger partial charge in [-0.2, -0.15) is 0 Å². The van der Waals surface area contributed by atoms with Crippen LogP contribution >= 0.6 is 11.3 Å². The van der Waals surface area contributed by atoms with Crippen molar-refractivity contribution in [3.05, 3.63) is 58.3 Å². The fraction of sp³-hybridized carbons (Fsp3) is 0.353. The molecule has 2 heterocycles. The Kier molecular flexibility index (Phi) is 4.36. The van der Waals surface area contributed by atoms with Gasteiger partial charge in [-0.1, -0.05) is 36.4 Å². The zero-order chi connectivity index (χ0) is 14.7. The molecule has 21 heavy (non-hydrogen) atoms. The van der Waals surface area contributed by atoms with Crippen molar-refractivity contribution in [2.45, 2.75) is 18.9 Å². The van der Waals surface area contributed by atoms with Crippen LogP contribution in [0.2, 0.25) is 0 Å². The van der Waals surface area contributed by atoms with Gasteiger partial charge in [0.1, 0.15) is 0 Å². The molecule has 1 aromatic heterocycles. The quantitative estimate of drug-likeness (QED) is 0.944. The van der Waals surface area contributed by atoms with Crippen LogP contribution in [0.15, 0.2) is 47.8 Å². The minimum Gasteiger partial charge on any atom is -0.388 e. The molecule has 110 valence electrons. The van der Waals surface area contributed by atoms with Crippen molar-refractivity contribution in [2.24, 2.45) is 5.92 Å². The lowest BCUT2D eigenvalue weighted by atomic mass is 9.87. The van der Waals surface area contributed by atoms with E-state index in [1.807, 2.05) is 52.7 Å². The second-order valence-corrected chi connectivity index (χ2v) is 6.41. The minimum absolute atomic E-state index is 0.123. The number of hydrogen-bond acceptors (Lipinski definition) is 3. The number of hydrogen-bond donors (Lipinski definition) is 1.